The Labute approximate surface area is 80.1 Å². The Balaban J connectivity index is 2.90. The maximum Gasteiger partial charge on any atom is 0.114 e. The molecule has 0 aromatic heterocycles. The molecule has 0 heterocycles. The van der Waals surface area contributed by atoms with Crippen molar-refractivity contribution in [1.29, 1.82) is 0 Å². The van der Waals surface area contributed by atoms with Crippen LogP contribution < -0.4 is 0 Å². The monoisotopic (exact) mass is 194 g/mol. The van der Waals surface area contributed by atoms with Gasteiger partial charge in [-0.2, -0.15) is 0 Å². The second kappa shape index (κ2) is 3.88. The van der Waals surface area contributed by atoms with Gasteiger partial charge >= 0.3 is 0 Å². The lowest BCUT2D eigenvalue weighted by atomic mass is 10.2. The molecule has 1 aromatic rings. The maximum absolute atomic E-state index is 13.5. The molecular formula is C11H15FSi. The van der Waals surface area contributed by atoms with Crippen molar-refractivity contribution in [3.8, 4) is 0 Å². The van der Waals surface area contributed by atoms with Crippen LogP contribution in [0.15, 0.2) is 35.8 Å². The Bertz CT molecular complexity index is 296. The quantitative estimate of drug-likeness (QED) is 0.627. The summed E-state index contributed by atoms with van der Waals surface area (Å²) in [5.41, 5.74) is 1.00. The molecule has 0 unspecified atom stereocenters. The van der Waals surface area contributed by atoms with Crippen LogP contribution >= 0.6 is 0 Å². The van der Waals surface area contributed by atoms with Gasteiger partial charge in [0.2, 0.25) is 0 Å². The van der Waals surface area contributed by atoms with Crippen molar-refractivity contribution >= 4 is 14.1 Å². The standard InChI is InChI=1S/C11H15FSi/c1-13(2,3)11(12)9-10-7-5-4-6-8-10/h4-9H,1-3H3/b11-9-. The second-order valence-electron chi connectivity index (χ2n) is 4.15. The molecule has 0 amide bonds. The molecule has 0 spiro atoms. The molecule has 0 saturated heterocycles. The molecule has 0 aliphatic rings. The zero-order chi connectivity index (χ0) is 9.90. The predicted octanol–water partition coefficient (Wildman–Crippen LogP) is 3.87. The van der Waals surface area contributed by atoms with Gasteiger partial charge in [0.05, 0.1) is 5.45 Å². The zero-order valence-electron chi connectivity index (χ0n) is 8.34. The molecule has 0 fully saturated rings. The first-order valence-electron chi connectivity index (χ1n) is 4.43. The Morgan fingerprint density at radius 2 is 1.69 bits per heavy atom. The van der Waals surface area contributed by atoms with Gasteiger partial charge in [0.1, 0.15) is 8.07 Å². The van der Waals surface area contributed by atoms with E-state index in [2.05, 4.69) is 0 Å². The van der Waals surface area contributed by atoms with E-state index in [0.29, 0.717) is 0 Å². The topological polar surface area (TPSA) is 0 Å². The summed E-state index contributed by atoms with van der Waals surface area (Å²) in [5.74, 6) is 0. The van der Waals surface area contributed by atoms with Gasteiger partial charge in [0.15, 0.2) is 0 Å². The van der Waals surface area contributed by atoms with Gasteiger partial charge in [0, 0.05) is 0 Å². The maximum atomic E-state index is 13.5. The van der Waals surface area contributed by atoms with Gasteiger partial charge < -0.3 is 0 Å². The number of hydrogen-bond acceptors (Lipinski definition) is 0. The van der Waals surface area contributed by atoms with Crippen LogP contribution in [0.5, 0.6) is 0 Å². The van der Waals surface area contributed by atoms with Crippen LogP contribution in [0.1, 0.15) is 5.56 Å². The summed E-state index contributed by atoms with van der Waals surface area (Å²) in [4.78, 5) is 0. The van der Waals surface area contributed by atoms with Gasteiger partial charge in [0.25, 0.3) is 0 Å². The predicted molar refractivity (Wildman–Crippen MR) is 58.9 cm³/mol. The molecule has 0 bridgehead atoms. The largest absolute Gasteiger partial charge is 0.217 e. The molecule has 0 N–H and O–H groups in total. The molecule has 2 heteroatoms. The number of benzene rings is 1. The van der Waals surface area contributed by atoms with Crippen LogP contribution in [-0.2, 0) is 0 Å². The van der Waals surface area contributed by atoms with Gasteiger partial charge in [-0.05, 0) is 11.6 Å². The molecule has 0 aliphatic heterocycles. The van der Waals surface area contributed by atoms with Crippen LogP contribution in [0.2, 0.25) is 19.6 Å². The highest BCUT2D eigenvalue weighted by Gasteiger charge is 2.19. The van der Waals surface area contributed by atoms with E-state index in [9.17, 15) is 4.39 Å². The van der Waals surface area contributed by atoms with E-state index >= 15 is 0 Å². The van der Waals surface area contributed by atoms with Crippen molar-refractivity contribution in [2.75, 3.05) is 0 Å². The molecule has 1 rings (SSSR count). The average Bonchev–Trinajstić information content (AvgIpc) is 2.04. The fourth-order valence-electron chi connectivity index (χ4n) is 0.912. The summed E-state index contributed by atoms with van der Waals surface area (Å²) in [6.07, 6.45) is 1.65. The number of hydrogen-bond donors (Lipinski definition) is 0. The van der Waals surface area contributed by atoms with Gasteiger partial charge in [-0.1, -0.05) is 50.0 Å². The van der Waals surface area contributed by atoms with Gasteiger partial charge in [-0.25, -0.2) is 4.39 Å². The third kappa shape index (κ3) is 3.15. The first kappa shape index (κ1) is 10.2. The summed E-state index contributed by atoms with van der Waals surface area (Å²) in [7, 11) is -1.75. The third-order valence-corrected chi connectivity index (χ3v) is 3.39. The molecule has 0 aliphatic carbocycles. The Morgan fingerprint density at radius 3 is 2.15 bits per heavy atom. The lowest BCUT2D eigenvalue weighted by molar-refractivity contribution is 0.689. The zero-order valence-corrected chi connectivity index (χ0v) is 9.34. The van der Waals surface area contributed by atoms with Crippen LogP contribution in [0, 0.1) is 0 Å². The smallest absolute Gasteiger partial charge is 0.114 e. The fourth-order valence-corrected chi connectivity index (χ4v) is 1.51. The first-order chi connectivity index (χ1) is 6.00. The van der Waals surface area contributed by atoms with E-state index in [0.717, 1.165) is 5.56 Å². The Hall–Kier alpha value is -0.893. The number of rotatable bonds is 2. The lowest BCUT2D eigenvalue weighted by Crippen LogP contribution is -2.20. The fraction of sp³-hybridized carbons (Fsp3) is 0.273. The first-order valence-corrected chi connectivity index (χ1v) is 7.93. The molecule has 0 radical (unpaired) electrons. The molecule has 1 aromatic carbocycles. The van der Waals surface area contributed by atoms with Crippen LogP contribution in [0.4, 0.5) is 4.39 Å². The normalized spacial score (nSPS) is 13.1. The summed E-state index contributed by atoms with van der Waals surface area (Å²) < 4.78 is 13.5. The van der Waals surface area contributed by atoms with Crippen LogP contribution in [0.3, 0.4) is 0 Å². The van der Waals surface area contributed by atoms with Gasteiger partial charge in [-0.15, -0.1) is 0 Å². The summed E-state index contributed by atoms with van der Waals surface area (Å²) >= 11 is 0. The van der Waals surface area contributed by atoms with Crippen molar-refractivity contribution < 1.29 is 4.39 Å². The van der Waals surface area contributed by atoms with Crippen LogP contribution in [-0.4, -0.2) is 8.07 Å². The summed E-state index contributed by atoms with van der Waals surface area (Å²) in [6, 6.07) is 9.61. The van der Waals surface area contributed by atoms with Gasteiger partial charge in [-0.3, -0.25) is 0 Å². The highest BCUT2D eigenvalue weighted by Crippen LogP contribution is 2.18. The van der Waals surface area contributed by atoms with Crippen molar-refractivity contribution in [3.05, 3.63) is 41.3 Å². The minimum atomic E-state index is -1.75. The van der Waals surface area contributed by atoms with E-state index < -0.39 is 8.07 Å². The molecule has 70 valence electrons. The molecule has 13 heavy (non-hydrogen) atoms. The minimum Gasteiger partial charge on any atom is -0.217 e. The third-order valence-electron chi connectivity index (χ3n) is 1.81. The molecule has 0 nitrogen and oxygen atoms in total. The van der Waals surface area contributed by atoms with Crippen LogP contribution in [0.25, 0.3) is 6.08 Å². The minimum absolute atomic E-state index is 0.0544. The Morgan fingerprint density at radius 1 is 1.15 bits per heavy atom. The highest BCUT2D eigenvalue weighted by atomic mass is 28.3. The van der Waals surface area contributed by atoms with E-state index in [-0.39, 0.29) is 5.45 Å². The second-order valence-corrected chi connectivity index (χ2v) is 9.13. The van der Waals surface area contributed by atoms with Crippen molar-refractivity contribution in [2.45, 2.75) is 19.6 Å². The Kier molecular flexibility index (Phi) is 3.04. The molecule has 0 saturated carbocycles. The highest BCUT2D eigenvalue weighted by molar-refractivity contribution is 6.83. The molecular weight excluding hydrogens is 179 g/mol. The summed E-state index contributed by atoms with van der Waals surface area (Å²) in [5, 5.41) is 0. The van der Waals surface area contributed by atoms with E-state index in [1.807, 2.05) is 50.0 Å². The lowest BCUT2D eigenvalue weighted by Gasteiger charge is -2.12. The van der Waals surface area contributed by atoms with E-state index in [1.165, 1.54) is 0 Å². The average molecular weight is 194 g/mol. The molecule has 0 atom stereocenters. The van der Waals surface area contributed by atoms with Crippen molar-refractivity contribution in [1.82, 2.24) is 0 Å². The SMILES string of the molecule is C[Si](C)(C)/C(F)=C\c1ccccc1. The van der Waals surface area contributed by atoms with Crippen molar-refractivity contribution in [2.24, 2.45) is 0 Å². The summed E-state index contributed by atoms with van der Waals surface area (Å²) in [6.45, 7) is 6.01. The van der Waals surface area contributed by atoms with Crippen molar-refractivity contribution in [3.63, 3.8) is 0 Å². The number of halogens is 1. The van der Waals surface area contributed by atoms with E-state index in [4.69, 9.17) is 0 Å². The van der Waals surface area contributed by atoms with E-state index in [1.54, 1.807) is 6.08 Å².